The molecule has 0 aromatic rings. The van der Waals surface area contributed by atoms with E-state index in [4.69, 9.17) is 5.73 Å². The second kappa shape index (κ2) is 7.65. The van der Waals surface area contributed by atoms with Crippen LogP contribution in [0.5, 0.6) is 0 Å². The summed E-state index contributed by atoms with van der Waals surface area (Å²) in [7, 11) is 0. The number of nitrogens with two attached hydrogens (primary N) is 1. The van der Waals surface area contributed by atoms with Crippen LogP contribution in [0.15, 0.2) is 0 Å². The van der Waals surface area contributed by atoms with Gasteiger partial charge in [0.1, 0.15) is 0 Å². The van der Waals surface area contributed by atoms with Crippen molar-refractivity contribution in [3.8, 4) is 0 Å². The van der Waals surface area contributed by atoms with Gasteiger partial charge < -0.3 is 16.4 Å². The Labute approximate surface area is 93.0 Å². The highest BCUT2D eigenvalue weighted by atomic mass is 16.2. The molecule has 0 aliphatic carbocycles. The van der Waals surface area contributed by atoms with E-state index in [1.165, 1.54) is 0 Å². The highest BCUT2D eigenvalue weighted by Crippen LogP contribution is 2.07. The standard InChI is InChI=1S/C11H25N3O/c1-4-6-11(3,12)10(15)14-9-8-13-7-5-2/h13H,4-9,12H2,1-3H3,(H,14,15). The van der Waals surface area contributed by atoms with Gasteiger partial charge in [-0.05, 0) is 26.3 Å². The van der Waals surface area contributed by atoms with E-state index in [0.717, 1.165) is 32.4 Å². The van der Waals surface area contributed by atoms with Crippen LogP contribution in [0.3, 0.4) is 0 Å². The molecule has 15 heavy (non-hydrogen) atoms. The number of carbonyl (C=O) groups is 1. The molecule has 0 rings (SSSR count). The largest absolute Gasteiger partial charge is 0.353 e. The molecule has 0 radical (unpaired) electrons. The molecule has 0 aromatic heterocycles. The van der Waals surface area contributed by atoms with Crippen molar-refractivity contribution in [1.29, 1.82) is 0 Å². The zero-order chi connectivity index (χ0) is 11.7. The Bertz CT molecular complexity index is 181. The Morgan fingerprint density at radius 1 is 1.20 bits per heavy atom. The minimum Gasteiger partial charge on any atom is -0.353 e. The van der Waals surface area contributed by atoms with Gasteiger partial charge in [0.05, 0.1) is 5.54 Å². The number of carbonyl (C=O) groups excluding carboxylic acids is 1. The van der Waals surface area contributed by atoms with Gasteiger partial charge in [-0.1, -0.05) is 20.3 Å². The fourth-order valence-corrected chi connectivity index (χ4v) is 1.40. The zero-order valence-electron chi connectivity index (χ0n) is 10.2. The molecule has 0 fully saturated rings. The van der Waals surface area contributed by atoms with Crippen molar-refractivity contribution in [2.45, 2.75) is 45.6 Å². The number of rotatable bonds is 8. The lowest BCUT2D eigenvalue weighted by Crippen LogP contribution is -2.52. The third-order valence-corrected chi connectivity index (χ3v) is 2.30. The quantitative estimate of drug-likeness (QED) is 0.520. The van der Waals surface area contributed by atoms with Gasteiger partial charge in [-0.3, -0.25) is 4.79 Å². The number of nitrogens with one attached hydrogen (secondary N) is 2. The van der Waals surface area contributed by atoms with Crippen LogP contribution in [-0.4, -0.2) is 31.1 Å². The van der Waals surface area contributed by atoms with Gasteiger partial charge in [0.2, 0.25) is 5.91 Å². The fourth-order valence-electron chi connectivity index (χ4n) is 1.40. The molecule has 4 N–H and O–H groups in total. The molecule has 0 saturated carbocycles. The lowest BCUT2D eigenvalue weighted by Gasteiger charge is -2.22. The Morgan fingerprint density at radius 3 is 2.40 bits per heavy atom. The zero-order valence-corrected chi connectivity index (χ0v) is 10.2. The summed E-state index contributed by atoms with van der Waals surface area (Å²) >= 11 is 0. The van der Waals surface area contributed by atoms with E-state index < -0.39 is 5.54 Å². The first-order valence-electron chi connectivity index (χ1n) is 5.82. The van der Waals surface area contributed by atoms with E-state index in [0.29, 0.717) is 6.54 Å². The molecule has 0 aliphatic rings. The van der Waals surface area contributed by atoms with Crippen molar-refractivity contribution in [3.05, 3.63) is 0 Å². The third kappa shape index (κ3) is 6.47. The van der Waals surface area contributed by atoms with Crippen molar-refractivity contribution in [2.24, 2.45) is 5.73 Å². The topological polar surface area (TPSA) is 67.1 Å². The van der Waals surface area contributed by atoms with E-state index in [9.17, 15) is 4.79 Å². The van der Waals surface area contributed by atoms with Crippen LogP contribution >= 0.6 is 0 Å². The highest BCUT2D eigenvalue weighted by molar-refractivity contribution is 5.85. The summed E-state index contributed by atoms with van der Waals surface area (Å²) in [5.74, 6) is -0.0531. The first kappa shape index (κ1) is 14.4. The van der Waals surface area contributed by atoms with Crippen molar-refractivity contribution in [3.63, 3.8) is 0 Å². The number of hydrogen-bond acceptors (Lipinski definition) is 3. The Morgan fingerprint density at radius 2 is 1.87 bits per heavy atom. The van der Waals surface area contributed by atoms with E-state index in [2.05, 4.69) is 17.6 Å². The summed E-state index contributed by atoms with van der Waals surface area (Å²) in [6.07, 6.45) is 2.76. The van der Waals surface area contributed by atoms with Gasteiger partial charge in [-0.15, -0.1) is 0 Å². The second-order valence-corrected chi connectivity index (χ2v) is 4.17. The molecule has 0 heterocycles. The van der Waals surface area contributed by atoms with Gasteiger partial charge in [0.15, 0.2) is 0 Å². The lowest BCUT2D eigenvalue weighted by molar-refractivity contribution is -0.126. The van der Waals surface area contributed by atoms with Crippen LogP contribution in [0.4, 0.5) is 0 Å². The minimum atomic E-state index is -0.723. The predicted octanol–water partition coefficient (Wildman–Crippen LogP) is 0.620. The number of amides is 1. The van der Waals surface area contributed by atoms with Crippen LogP contribution < -0.4 is 16.4 Å². The van der Waals surface area contributed by atoms with Crippen LogP contribution in [-0.2, 0) is 4.79 Å². The van der Waals surface area contributed by atoms with Crippen LogP contribution in [0.25, 0.3) is 0 Å². The molecule has 0 spiro atoms. The summed E-state index contributed by atoms with van der Waals surface area (Å²) in [6.45, 7) is 8.37. The molecule has 0 aromatic carbocycles. The SMILES string of the molecule is CCCNCCNC(=O)C(C)(N)CCC. The third-order valence-electron chi connectivity index (χ3n) is 2.30. The normalized spacial score (nSPS) is 14.7. The maximum Gasteiger partial charge on any atom is 0.239 e. The van der Waals surface area contributed by atoms with Crippen molar-refractivity contribution in [1.82, 2.24) is 10.6 Å². The Balaban J connectivity index is 3.64. The summed E-state index contributed by atoms with van der Waals surface area (Å²) < 4.78 is 0. The average Bonchev–Trinajstić information content (AvgIpc) is 2.17. The van der Waals surface area contributed by atoms with Crippen molar-refractivity contribution in [2.75, 3.05) is 19.6 Å². The predicted molar refractivity (Wildman–Crippen MR) is 63.7 cm³/mol. The first-order chi connectivity index (χ1) is 7.04. The molecule has 1 amide bonds. The van der Waals surface area contributed by atoms with Gasteiger partial charge >= 0.3 is 0 Å². The Hall–Kier alpha value is -0.610. The second-order valence-electron chi connectivity index (χ2n) is 4.17. The molecule has 0 saturated heterocycles. The summed E-state index contributed by atoms with van der Waals surface area (Å²) in [5.41, 5.74) is 5.16. The maximum absolute atomic E-state index is 11.6. The van der Waals surface area contributed by atoms with Crippen LogP contribution in [0.1, 0.15) is 40.0 Å². The molecular weight excluding hydrogens is 190 g/mol. The van der Waals surface area contributed by atoms with Crippen molar-refractivity contribution < 1.29 is 4.79 Å². The molecule has 4 heteroatoms. The van der Waals surface area contributed by atoms with Gasteiger partial charge in [0.25, 0.3) is 0 Å². The molecule has 0 aliphatic heterocycles. The molecule has 0 bridgehead atoms. The van der Waals surface area contributed by atoms with E-state index in [1.54, 1.807) is 6.92 Å². The van der Waals surface area contributed by atoms with E-state index >= 15 is 0 Å². The van der Waals surface area contributed by atoms with Crippen LogP contribution in [0, 0.1) is 0 Å². The summed E-state index contributed by atoms with van der Waals surface area (Å²) in [6, 6.07) is 0. The lowest BCUT2D eigenvalue weighted by atomic mass is 9.97. The molecule has 90 valence electrons. The van der Waals surface area contributed by atoms with Gasteiger partial charge in [-0.2, -0.15) is 0 Å². The minimum absolute atomic E-state index is 0.0531. The van der Waals surface area contributed by atoms with Crippen LogP contribution in [0.2, 0.25) is 0 Å². The smallest absolute Gasteiger partial charge is 0.239 e. The molecule has 4 nitrogen and oxygen atoms in total. The van der Waals surface area contributed by atoms with E-state index in [1.807, 2.05) is 6.92 Å². The summed E-state index contributed by atoms with van der Waals surface area (Å²) in [5, 5.41) is 6.06. The number of hydrogen-bond donors (Lipinski definition) is 3. The molecule has 1 atom stereocenters. The highest BCUT2D eigenvalue weighted by Gasteiger charge is 2.26. The first-order valence-corrected chi connectivity index (χ1v) is 5.82. The van der Waals surface area contributed by atoms with Gasteiger partial charge in [0, 0.05) is 13.1 Å². The summed E-state index contributed by atoms with van der Waals surface area (Å²) in [4.78, 5) is 11.6. The molecule has 1 unspecified atom stereocenters. The van der Waals surface area contributed by atoms with E-state index in [-0.39, 0.29) is 5.91 Å². The molecular formula is C11H25N3O. The average molecular weight is 215 g/mol. The maximum atomic E-state index is 11.6. The Kier molecular flexibility index (Phi) is 7.34. The fraction of sp³-hybridized carbons (Fsp3) is 0.909. The monoisotopic (exact) mass is 215 g/mol. The van der Waals surface area contributed by atoms with Crippen molar-refractivity contribution >= 4 is 5.91 Å². The van der Waals surface area contributed by atoms with Gasteiger partial charge in [-0.25, -0.2) is 0 Å².